The Hall–Kier alpha value is -2.40. The molecule has 2 aromatic rings. The topological polar surface area (TPSA) is 49.8 Å². The van der Waals surface area contributed by atoms with Crippen LogP contribution in [0.3, 0.4) is 0 Å². The van der Waals surface area contributed by atoms with Gasteiger partial charge < -0.3 is 14.7 Å². The summed E-state index contributed by atoms with van der Waals surface area (Å²) in [6.45, 7) is 0.464. The van der Waals surface area contributed by atoms with Gasteiger partial charge in [-0.05, 0) is 49.1 Å². The summed E-state index contributed by atoms with van der Waals surface area (Å²) in [4.78, 5) is 15.3. The van der Waals surface area contributed by atoms with E-state index >= 15 is 0 Å². The number of methoxy groups -OCH3 is 1. The summed E-state index contributed by atoms with van der Waals surface area (Å²) < 4.78 is 18.9. The minimum Gasteiger partial charge on any atom is -0.496 e. The highest BCUT2D eigenvalue weighted by Gasteiger charge is 2.50. The van der Waals surface area contributed by atoms with Crippen LogP contribution in [0.15, 0.2) is 48.5 Å². The Morgan fingerprint density at radius 1 is 1.14 bits per heavy atom. The van der Waals surface area contributed by atoms with E-state index in [0.717, 1.165) is 31.2 Å². The first-order valence-corrected chi connectivity index (χ1v) is 9.95. The number of hydrogen-bond donors (Lipinski definition) is 1. The molecule has 4 rings (SSSR count). The molecule has 1 heterocycles. The quantitative estimate of drug-likeness (QED) is 0.858. The van der Waals surface area contributed by atoms with Crippen molar-refractivity contribution < 1.29 is 19.0 Å². The zero-order chi connectivity index (χ0) is 19.7. The first-order valence-electron chi connectivity index (χ1n) is 9.95. The molecule has 0 spiro atoms. The van der Waals surface area contributed by atoms with Gasteiger partial charge >= 0.3 is 0 Å². The maximum absolute atomic E-state index is 13.5. The van der Waals surface area contributed by atoms with Gasteiger partial charge in [-0.15, -0.1) is 0 Å². The van der Waals surface area contributed by atoms with Crippen LogP contribution in [0.2, 0.25) is 0 Å². The van der Waals surface area contributed by atoms with Crippen molar-refractivity contribution in [3.05, 3.63) is 65.5 Å². The van der Waals surface area contributed by atoms with E-state index in [1.807, 2.05) is 17.0 Å². The number of fused-ring (bicyclic) bond motifs is 1. The number of amides is 1. The van der Waals surface area contributed by atoms with E-state index in [2.05, 4.69) is 0 Å². The summed E-state index contributed by atoms with van der Waals surface area (Å²) in [7, 11) is 1.56. The van der Waals surface area contributed by atoms with E-state index in [1.165, 1.54) is 12.1 Å². The number of aliphatic hydroxyl groups is 1. The van der Waals surface area contributed by atoms with Crippen LogP contribution in [0.4, 0.5) is 4.39 Å². The smallest absolute Gasteiger partial charge is 0.258 e. The Labute approximate surface area is 164 Å². The molecule has 148 valence electrons. The monoisotopic (exact) mass is 383 g/mol. The summed E-state index contributed by atoms with van der Waals surface area (Å²) in [5, 5.41) is 11.3. The highest BCUT2D eigenvalue weighted by atomic mass is 19.1. The third-order valence-corrected chi connectivity index (χ3v) is 6.38. The van der Waals surface area contributed by atoms with Gasteiger partial charge in [-0.3, -0.25) is 4.79 Å². The third-order valence-electron chi connectivity index (χ3n) is 6.38. The number of likely N-dealkylation sites (tertiary alicyclic amines) is 1. The molecule has 1 saturated heterocycles. The zero-order valence-electron chi connectivity index (χ0n) is 16.1. The van der Waals surface area contributed by atoms with E-state index < -0.39 is 5.60 Å². The molecule has 2 aliphatic rings. The Kier molecular flexibility index (Phi) is 5.11. The lowest BCUT2D eigenvalue weighted by atomic mass is 9.66. The van der Waals surface area contributed by atoms with E-state index in [9.17, 15) is 14.3 Å². The Balaban J connectivity index is 1.76. The first kappa shape index (κ1) is 18.9. The summed E-state index contributed by atoms with van der Waals surface area (Å²) in [6, 6.07) is 13.3. The third kappa shape index (κ3) is 3.28. The second-order valence-corrected chi connectivity index (χ2v) is 7.90. The predicted octanol–water partition coefficient (Wildman–Crippen LogP) is 4.34. The highest BCUT2D eigenvalue weighted by Crippen LogP contribution is 2.49. The average Bonchev–Trinajstić information content (AvgIpc) is 2.72. The van der Waals surface area contributed by atoms with Crippen LogP contribution >= 0.6 is 0 Å². The van der Waals surface area contributed by atoms with E-state index in [4.69, 9.17) is 4.74 Å². The molecule has 2 fully saturated rings. The SMILES string of the molecule is COc1ccccc1C(=O)N1CC[C@]2(O)CCCC[C@H]2[C@H]1c1ccc(F)cc1. The number of benzene rings is 2. The van der Waals surface area contributed by atoms with Crippen molar-refractivity contribution in [1.82, 2.24) is 4.90 Å². The summed E-state index contributed by atoms with van der Waals surface area (Å²) in [6.07, 6.45) is 4.21. The summed E-state index contributed by atoms with van der Waals surface area (Å²) in [5.74, 6) is 0.0643. The Bertz CT molecular complexity index is 853. The number of hydrogen-bond acceptors (Lipinski definition) is 3. The number of ether oxygens (including phenoxy) is 1. The molecule has 3 atom stereocenters. The normalized spacial score (nSPS) is 27.2. The molecule has 28 heavy (non-hydrogen) atoms. The van der Waals surface area contributed by atoms with Gasteiger partial charge in [0.1, 0.15) is 11.6 Å². The van der Waals surface area contributed by atoms with Crippen LogP contribution < -0.4 is 4.74 Å². The molecule has 1 N–H and O–H groups in total. The zero-order valence-corrected chi connectivity index (χ0v) is 16.1. The van der Waals surface area contributed by atoms with E-state index in [0.29, 0.717) is 24.3 Å². The lowest BCUT2D eigenvalue weighted by Crippen LogP contribution is -2.56. The molecular formula is C23H26FNO3. The highest BCUT2D eigenvalue weighted by molar-refractivity contribution is 5.97. The number of rotatable bonds is 3. The number of halogens is 1. The van der Waals surface area contributed by atoms with Crippen molar-refractivity contribution in [2.24, 2.45) is 5.92 Å². The maximum Gasteiger partial charge on any atom is 0.258 e. The molecule has 5 heteroatoms. The molecule has 0 aromatic heterocycles. The molecule has 2 aromatic carbocycles. The number of piperidine rings is 1. The van der Waals surface area contributed by atoms with Crippen molar-refractivity contribution in [3.63, 3.8) is 0 Å². The lowest BCUT2D eigenvalue weighted by Gasteiger charge is -2.52. The standard InChI is InChI=1S/C23H26FNO3/c1-28-20-8-3-2-6-18(20)22(26)25-15-14-23(27)13-5-4-7-19(23)21(25)16-9-11-17(24)12-10-16/h2-3,6,8-12,19,21,27H,4-5,7,13-15H2,1H3/t19-,21+,23+/m0/s1. The Morgan fingerprint density at radius 3 is 2.64 bits per heavy atom. The predicted molar refractivity (Wildman–Crippen MR) is 105 cm³/mol. The van der Waals surface area contributed by atoms with Gasteiger partial charge in [0.15, 0.2) is 0 Å². The fourth-order valence-corrected chi connectivity index (χ4v) is 4.96. The van der Waals surface area contributed by atoms with Crippen LogP contribution in [0.5, 0.6) is 5.75 Å². The Morgan fingerprint density at radius 2 is 1.89 bits per heavy atom. The van der Waals surface area contributed by atoms with E-state index in [-0.39, 0.29) is 23.7 Å². The van der Waals surface area contributed by atoms with Gasteiger partial charge in [0, 0.05) is 12.5 Å². The van der Waals surface area contributed by atoms with Gasteiger partial charge in [0.05, 0.1) is 24.3 Å². The summed E-state index contributed by atoms with van der Waals surface area (Å²) in [5.41, 5.74) is 0.613. The van der Waals surface area contributed by atoms with Crippen molar-refractivity contribution in [2.45, 2.75) is 43.7 Å². The lowest BCUT2D eigenvalue weighted by molar-refractivity contribution is -0.115. The molecule has 4 nitrogen and oxygen atoms in total. The van der Waals surface area contributed by atoms with Crippen molar-refractivity contribution in [3.8, 4) is 5.75 Å². The van der Waals surface area contributed by atoms with Crippen LogP contribution in [-0.4, -0.2) is 35.2 Å². The minimum absolute atomic E-state index is 0.0564. The van der Waals surface area contributed by atoms with Crippen LogP contribution in [0.1, 0.15) is 54.1 Å². The largest absolute Gasteiger partial charge is 0.496 e. The molecule has 1 aliphatic heterocycles. The van der Waals surface area contributed by atoms with Crippen molar-refractivity contribution >= 4 is 5.91 Å². The van der Waals surface area contributed by atoms with Crippen LogP contribution in [-0.2, 0) is 0 Å². The van der Waals surface area contributed by atoms with Crippen molar-refractivity contribution in [2.75, 3.05) is 13.7 Å². The maximum atomic E-state index is 13.5. The molecule has 1 aliphatic carbocycles. The number of carbonyl (C=O) groups excluding carboxylic acids is 1. The van der Waals surface area contributed by atoms with Gasteiger partial charge in [0.25, 0.3) is 5.91 Å². The number of para-hydroxylation sites is 1. The summed E-state index contributed by atoms with van der Waals surface area (Å²) >= 11 is 0. The number of nitrogens with zero attached hydrogens (tertiary/aromatic N) is 1. The average molecular weight is 383 g/mol. The van der Waals surface area contributed by atoms with Gasteiger partial charge in [0.2, 0.25) is 0 Å². The second-order valence-electron chi connectivity index (χ2n) is 7.90. The van der Waals surface area contributed by atoms with Crippen molar-refractivity contribution in [1.29, 1.82) is 0 Å². The fraction of sp³-hybridized carbons (Fsp3) is 0.435. The molecular weight excluding hydrogens is 357 g/mol. The fourth-order valence-electron chi connectivity index (χ4n) is 4.96. The minimum atomic E-state index is -0.769. The molecule has 0 bridgehead atoms. The molecule has 0 radical (unpaired) electrons. The molecule has 1 saturated carbocycles. The first-order chi connectivity index (χ1) is 13.5. The molecule has 1 amide bonds. The number of carbonyl (C=O) groups is 1. The van der Waals surface area contributed by atoms with Gasteiger partial charge in [-0.25, -0.2) is 4.39 Å². The van der Waals surface area contributed by atoms with E-state index in [1.54, 1.807) is 31.4 Å². The second kappa shape index (κ2) is 7.55. The van der Waals surface area contributed by atoms with Crippen LogP contribution in [0.25, 0.3) is 0 Å². The van der Waals surface area contributed by atoms with Gasteiger partial charge in [-0.2, -0.15) is 0 Å². The molecule has 0 unspecified atom stereocenters. The van der Waals surface area contributed by atoms with Gasteiger partial charge in [-0.1, -0.05) is 37.1 Å². The van der Waals surface area contributed by atoms with Crippen LogP contribution in [0, 0.1) is 11.7 Å².